The van der Waals surface area contributed by atoms with E-state index in [4.69, 9.17) is 18.9 Å². The number of hydrogen-bond donors (Lipinski definition) is 4. The molecule has 0 saturated heterocycles. The van der Waals surface area contributed by atoms with Crippen LogP contribution >= 0.6 is 0 Å². The molecule has 12 heteroatoms. The number of esters is 2. The van der Waals surface area contributed by atoms with E-state index in [0.29, 0.717) is 10.8 Å². The molecule has 0 saturated carbocycles. The third-order valence-electron chi connectivity index (χ3n) is 7.68. The van der Waals surface area contributed by atoms with Gasteiger partial charge < -0.3 is 39.4 Å². The van der Waals surface area contributed by atoms with Gasteiger partial charge >= 0.3 is 11.9 Å². The summed E-state index contributed by atoms with van der Waals surface area (Å²) in [5.74, 6) is -6.32. The summed E-state index contributed by atoms with van der Waals surface area (Å²) in [7, 11) is 2.22. The zero-order valence-electron chi connectivity index (χ0n) is 25.1. The van der Waals surface area contributed by atoms with Crippen molar-refractivity contribution < 1.29 is 58.6 Å². The molecule has 48 heavy (non-hydrogen) atoms. The van der Waals surface area contributed by atoms with Crippen LogP contribution in [-0.4, -0.2) is 58.2 Å². The summed E-state index contributed by atoms with van der Waals surface area (Å²) in [6, 6.07) is 20.2. The topological polar surface area (TPSA) is 186 Å². The minimum atomic E-state index is -0.928. The van der Waals surface area contributed by atoms with Gasteiger partial charge in [-0.1, -0.05) is 54.6 Å². The second kappa shape index (κ2) is 12.2. The first-order valence-electron chi connectivity index (χ1n) is 14.1. The van der Waals surface area contributed by atoms with E-state index in [1.807, 2.05) is 0 Å². The Kier molecular flexibility index (Phi) is 7.91. The number of aromatic hydroxyl groups is 2. The van der Waals surface area contributed by atoms with Crippen LogP contribution in [0.3, 0.4) is 0 Å². The molecule has 4 aromatic carbocycles. The first kappa shape index (κ1) is 31.2. The maximum atomic E-state index is 13.8. The lowest BCUT2D eigenvalue weighted by Crippen LogP contribution is -2.12. The van der Waals surface area contributed by atoms with E-state index >= 15 is 0 Å². The number of carbonyl (C=O) groups excluding carboxylic acids is 4. The maximum Gasteiger partial charge on any atom is 0.342 e. The van der Waals surface area contributed by atoms with Crippen LogP contribution in [0.15, 0.2) is 108 Å². The third-order valence-corrected chi connectivity index (χ3v) is 7.68. The molecular formula is C36H24O12. The predicted molar refractivity (Wildman–Crippen MR) is 169 cm³/mol. The molecule has 4 aromatic rings. The number of fused-ring (bicyclic) bond motifs is 1. The molecule has 0 unspecified atom stereocenters. The van der Waals surface area contributed by atoms with Crippen LogP contribution in [0.4, 0.5) is 0 Å². The number of carbonyl (C=O) groups is 4. The Morgan fingerprint density at radius 1 is 0.604 bits per heavy atom. The smallest absolute Gasteiger partial charge is 0.342 e. The van der Waals surface area contributed by atoms with Crippen molar-refractivity contribution in [1.82, 2.24) is 0 Å². The first-order chi connectivity index (χ1) is 23.0. The standard InChI is InChI=1S/C36H24O12/c1-45-33(41)26(18-8-12-21(37)13-9-18)31-29(39)25(35(43)47-31)20-7-6-17-4-3-5-23(24(17)16-20)28-30(40)32(48-36(28)44)27(34(42)46-2)19-10-14-22(38)15-11-19/h3-16,37-38,43-44H,1-2H3/b31-26+,32-27+. The predicted octanol–water partition coefficient (Wildman–Crippen LogP) is 5.07. The highest BCUT2D eigenvalue weighted by atomic mass is 16.6. The van der Waals surface area contributed by atoms with Gasteiger partial charge in [0.15, 0.2) is 11.5 Å². The van der Waals surface area contributed by atoms with Gasteiger partial charge in [-0.25, -0.2) is 9.59 Å². The molecule has 12 nitrogen and oxygen atoms in total. The number of ketones is 2. The average molecular weight is 649 g/mol. The molecule has 0 atom stereocenters. The average Bonchev–Trinajstić information content (AvgIpc) is 3.54. The largest absolute Gasteiger partial charge is 0.508 e. The fourth-order valence-corrected chi connectivity index (χ4v) is 5.42. The Morgan fingerprint density at radius 3 is 1.58 bits per heavy atom. The minimum absolute atomic E-state index is 0.0861. The zero-order valence-corrected chi connectivity index (χ0v) is 25.1. The van der Waals surface area contributed by atoms with E-state index in [9.17, 15) is 39.6 Å². The molecular weight excluding hydrogens is 624 g/mol. The highest BCUT2D eigenvalue weighted by Gasteiger charge is 2.39. The molecule has 2 aliphatic rings. The number of hydrogen-bond acceptors (Lipinski definition) is 12. The molecule has 2 aliphatic heterocycles. The quantitative estimate of drug-likeness (QED) is 0.161. The number of phenolic OH excluding ortho intramolecular Hbond substituents is 2. The van der Waals surface area contributed by atoms with Crippen LogP contribution in [-0.2, 0) is 38.1 Å². The van der Waals surface area contributed by atoms with Crippen LogP contribution < -0.4 is 0 Å². The van der Waals surface area contributed by atoms with Gasteiger partial charge in [0.2, 0.25) is 11.6 Å². The van der Waals surface area contributed by atoms with E-state index in [1.54, 1.807) is 18.2 Å². The van der Waals surface area contributed by atoms with Crippen molar-refractivity contribution in [3.63, 3.8) is 0 Å². The number of ether oxygens (including phenoxy) is 4. The van der Waals surface area contributed by atoms with Gasteiger partial charge in [0, 0.05) is 5.56 Å². The monoisotopic (exact) mass is 648 g/mol. The van der Waals surface area contributed by atoms with Crippen LogP contribution in [0.5, 0.6) is 11.5 Å². The van der Waals surface area contributed by atoms with Crippen LogP contribution in [0.25, 0.3) is 33.1 Å². The van der Waals surface area contributed by atoms with Gasteiger partial charge in [0.25, 0.3) is 11.9 Å². The lowest BCUT2D eigenvalue weighted by Gasteiger charge is -2.10. The molecule has 0 spiro atoms. The van der Waals surface area contributed by atoms with Crippen molar-refractivity contribution >= 4 is 56.6 Å². The SMILES string of the molecule is COC(=O)/C(=C1/OC(O)=C(c2ccc3cccc(C4=C(O)O/C(=C(/C(=O)OC)c5ccc(O)cc5)C4=O)c3c2)C1=O)c1ccc(O)cc1. The number of aliphatic hydroxyl groups is 2. The second-order valence-electron chi connectivity index (χ2n) is 10.4. The van der Waals surface area contributed by atoms with Gasteiger partial charge in [-0.15, -0.1) is 0 Å². The summed E-state index contributed by atoms with van der Waals surface area (Å²) in [5, 5.41) is 42.0. The molecule has 0 fully saturated rings. The molecule has 6 rings (SSSR count). The number of methoxy groups -OCH3 is 2. The summed E-state index contributed by atoms with van der Waals surface area (Å²) >= 11 is 0. The Hall–Kier alpha value is -6.82. The Bertz CT molecular complexity index is 2180. The number of Topliss-reactive ketones (excluding diaryl/α,β-unsaturated/α-hetero) is 2. The number of rotatable bonds is 6. The number of benzene rings is 4. The lowest BCUT2D eigenvalue weighted by molar-refractivity contribution is -0.134. The zero-order chi connectivity index (χ0) is 34.3. The maximum absolute atomic E-state index is 13.8. The van der Waals surface area contributed by atoms with Crippen molar-refractivity contribution in [2.45, 2.75) is 0 Å². The second-order valence-corrected chi connectivity index (χ2v) is 10.4. The summed E-state index contributed by atoms with van der Waals surface area (Å²) in [6.45, 7) is 0. The highest BCUT2D eigenvalue weighted by molar-refractivity contribution is 6.38. The van der Waals surface area contributed by atoms with Gasteiger partial charge in [-0.05, 0) is 57.8 Å². The van der Waals surface area contributed by atoms with E-state index < -0.39 is 46.9 Å². The van der Waals surface area contributed by atoms with Crippen molar-refractivity contribution in [3.05, 3.63) is 131 Å². The lowest BCUT2D eigenvalue weighted by atomic mass is 9.91. The number of allylic oxidation sites excluding steroid dienone is 2. The van der Waals surface area contributed by atoms with Crippen LogP contribution in [0.1, 0.15) is 22.3 Å². The van der Waals surface area contributed by atoms with E-state index in [1.165, 1.54) is 66.7 Å². The van der Waals surface area contributed by atoms with Gasteiger partial charge in [0.1, 0.15) is 33.8 Å². The van der Waals surface area contributed by atoms with E-state index in [0.717, 1.165) is 14.2 Å². The molecule has 2 heterocycles. The Morgan fingerprint density at radius 2 is 1.08 bits per heavy atom. The van der Waals surface area contributed by atoms with Crippen LogP contribution in [0.2, 0.25) is 0 Å². The molecule has 240 valence electrons. The summed E-state index contributed by atoms with van der Waals surface area (Å²) in [4.78, 5) is 53.1. The molecule has 0 aliphatic carbocycles. The van der Waals surface area contributed by atoms with Crippen molar-refractivity contribution in [3.8, 4) is 11.5 Å². The van der Waals surface area contributed by atoms with Crippen molar-refractivity contribution in [1.29, 1.82) is 0 Å². The third kappa shape index (κ3) is 5.26. The van der Waals surface area contributed by atoms with Crippen molar-refractivity contribution in [2.75, 3.05) is 14.2 Å². The normalized spacial score (nSPS) is 16.5. The van der Waals surface area contributed by atoms with Crippen LogP contribution in [0, 0.1) is 0 Å². The fraction of sp³-hybridized carbons (Fsp3) is 0.0556. The summed E-state index contributed by atoms with van der Waals surface area (Å²) in [6.07, 6.45) is 0. The Balaban J connectivity index is 1.45. The van der Waals surface area contributed by atoms with E-state index in [-0.39, 0.29) is 56.0 Å². The highest BCUT2D eigenvalue weighted by Crippen LogP contribution is 2.41. The van der Waals surface area contributed by atoms with Gasteiger partial charge in [0.05, 0.1) is 14.2 Å². The number of phenols is 2. The molecule has 4 N–H and O–H groups in total. The van der Waals surface area contributed by atoms with Gasteiger partial charge in [-0.3, -0.25) is 9.59 Å². The molecule has 0 radical (unpaired) electrons. The number of aliphatic hydroxyl groups excluding tert-OH is 2. The summed E-state index contributed by atoms with van der Waals surface area (Å²) < 4.78 is 20.6. The molecule has 0 aromatic heterocycles. The fourth-order valence-electron chi connectivity index (χ4n) is 5.42. The van der Waals surface area contributed by atoms with Gasteiger partial charge in [-0.2, -0.15) is 0 Å². The summed E-state index contributed by atoms with van der Waals surface area (Å²) in [5.41, 5.74) is -0.487. The van der Waals surface area contributed by atoms with E-state index in [2.05, 4.69) is 0 Å². The molecule has 0 amide bonds. The van der Waals surface area contributed by atoms with Crippen molar-refractivity contribution in [2.24, 2.45) is 0 Å². The molecule has 0 bridgehead atoms. The first-order valence-corrected chi connectivity index (χ1v) is 14.1. The Labute approximate surface area is 271 Å². The minimum Gasteiger partial charge on any atom is -0.508 e.